The average molecular weight is 329 g/mol. The van der Waals surface area contributed by atoms with E-state index in [-0.39, 0.29) is 17.9 Å². The number of amides is 2. The Morgan fingerprint density at radius 1 is 1.08 bits per heavy atom. The van der Waals surface area contributed by atoms with Crippen LogP contribution in [0.25, 0.3) is 0 Å². The second-order valence-electron chi connectivity index (χ2n) is 7.11. The monoisotopic (exact) mass is 329 g/mol. The van der Waals surface area contributed by atoms with Gasteiger partial charge >= 0.3 is 0 Å². The summed E-state index contributed by atoms with van der Waals surface area (Å²) in [5, 5.41) is 0. The van der Waals surface area contributed by atoms with Crippen LogP contribution in [0.2, 0.25) is 0 Å². The fourth-order valence-corrected chi connectivity index (χ4v) is 4.14. The molecule has 1 fully saturated rings. The van der Waals surface area contributed by atoms with Crippen molar-refractivity contribution in [3.05, 3.63) is 24.3 Å². The van der Waals surface area contributed by atoms with Gasteiger partial charge in [-0.15, -0.1) is 0 Å². The molecule has 0 spiro atoms. The Kier molecular flexibility index (Phi) is 4.78. The van der Waals surface area contributed by atoms with Crippen LogP contribution >= 0.6 is 0 Å². The van der Waals surface area contributed by atoms with Crippen LogP contribution in [0.4, 0.5) is 11.4 Å². The second kappa shape index (κ2) is 6.83. The third kappa shape index (κ3) is 3.25. The topological polar surface area (TPSA) is 43.9 Å². The quantitative estimate of drug-likeness (QED) is 0.837. The lowest BCUT2D eigenvalue weighted by molar-refractivity contribution is -0.130. The van der Waals surface area contributed by atoms with Crippen molar-refractivity contribution < 1.29 is 9.59 Å². The molecule has 130 valence electrons. The van der Waals surface area contributed by atoms with Crippen LogP contribution in [0, 0.1) is 5.92 Å². The highest BCUT2D eigenvalue weighted by atomic mass is 16.2. The number of fused-ring (bicyclic) bond motifs is 1. The molecule has 0 aromatic heterocycles. The number of benzene rings is 1. The van der Waals surface area contributed by atoms with E-state index in [1.54, 1.807) is 13.8 Å². The number of para-hydroxylation sites is 2. The van der Waals surface area contributed by atoms with E-state index in [1.807, 2.05) is 28.0 Å². The first-order chi connectivity index (χ1) is 11.5. The van der Waals surface area contributed by atoms with Crippen LogP contribution < -0.4 is 9.80 Å². The SMILES string of the molecule is CC(=O)N1CCCC(CN2C[C@H](C)N(C(C)=O)c3ccccc32)C1. The van der Waals surface area contributed by atoms with Crippen LogP contribution in [0.1, 0.15) is 33.6 Å². The predicted molar refractivity (Wildman–Crippen MR) is 96.3 cm³/mol. The third-order valence-corrected chi connectivity index (χ3v) is 5.19. The summed E-state index contributed by atoms with van der Waals surface area (Å²) in [5.41, 5.74) is 2.13. The van der Waals surface area contributed by atoms with Crippen molar-refractivity contribution in [1.29, 1.82) is 0 Å². The van der Waals surface area contributed by atoms with Gasteiger partial charge in [0.05, 0.1) is 17.4 Å². The Morgan fingerprint density at radius 3 is 2.46 bits per heavy atom. The number of carbonyl (C=O) groups excluding carboxylic acids is 2. The Balaban J connectivity index is 1.80. The first kappa shape index (κ1) is 16.8. The van der Waals surface area contributed by atoms with Crippen molar-refractivity contribution in [3.8, 4) is 0 Å². The molecule has 0 bridgehead atoms. The number of carbonyl (C=O) groups is 2. The molecule has 0 radical (unpaired) electrons. The second-order valence-corrected chi connectivity index (χ2v) is 7.11. The van der Waals surface area contributed by atoms with Crippen LogP contribution in [-0.2, 0) is 9.59 Å². The number of anilines is 2. The van der Waals surface area contributed by atoms with Crippen molar-refractivity contribution in [1.82, 2.24) is 4.90 Å². The molecule has 2 atom stereocenters. The van der Waals surface area contributed by atoms with Gasteiger partial charge in [-0.25, -0.2) is 0 Å². The van der Waals surface area contributed by atoms with E-state index in [9.17, 15) is 9.59 Å². The minimum atomic E-state index is 0.0926. The van der Waals surface area contributed by atoms with Crippen molar-refractivity contribution >= 4 is 23.2 Å². The molecule has 0 N–H and O–H groups in total. The van der Waals surface area contributed by atoms with Crippen LogP contribution in [0.3, 0.4) is 0 Å². The smallest absolute Gasteiger partial charge is 0.224 e. The van der Waals surface area contributed by atoms with E-state index in [0.717, 1.165) is 50.4 Å². The Bertz CT molecular complexity index is 631. The van der Waals surface area contributed by atoms with Crippen LogP contribution in [0.15, 0.2) is 24.3 Å². The van der Waals surface area contributed by atoms with E-state index in [2.05, 4.69) is 17.9 Å². The minimum Gasteiger partial charge on any atom is -0.367 e. The van der Waals surface area contributed by atoms with Crippen molar-refractivity contribution in [2.24, 2.45) is 5.92 Å². The fourth-order valence-electron chi connectivity index (χ4n) is 4.14. The summed E-state index contributed by atoms with van der Waals surface area (Å²) < 4.78 is 0. The summed E-state index contributed by atoms with van der Waals surface area (Å²) in [5.74, 6) is 0.761. The first-order valence-corrected chi connectivity index (χ1v) is 8.86. The third-order valence-electron chi connectivity index (χ3n) is 5.19. The number of nitrogens with zero attached hydrogens (tertiary/aromatic N) is 3. The van der Waals surface area contributed by atoms with Crippen molar-refractivity contribution in [3.63, 3.8) is 0 Å². The molecular weight excluding hydrogens is 302 g/mol. The Hall–Kier alpha value is -2.04. The Labute approximate surface area is 144 Å². The lowest BCUT2D eigenvalue weighted by Crippen LogP contribution is -2.52. The minimum absolute atomic E-state index is 0.0926. The van der Waals surface area contributed by atoms with Gasteiger partial charge in [-0.1, -0.05) is 12.1 Å². The maximum Gasteiger partial charge on any atom is 0.224 e. The van der Waals surface area contributed by atoms with Gasteiger partial charge in [0.25, 0.3) is 0 Å². The molecular formula is C19H27N3O2. The number of piperidine rings is 1. The van der Waals surface area contributed by atoms with E-state index < -0.39 is 0 Å². The van der Waals surface area contributed by atoms with E-state index >= 15 is 0 Å². The van der Waals surface area contributed by atoms with Gasteiger partial charge in [0.1, 0.15) is 0 Å². The molecule has 0 saturated carbocycles. The maximum atomic E-state index is 12.0. The molecule has 1 unspecified atom stereocenters. The van der Waals surface area contributed by atoms with Gasteiger partial charge in [-0.05, 0) is 37.8 Å². The summed E-state index contributed by atoms with van der Waals surface area (Å²) >= 11 is 0. The molecule has 2 amide bonds. The zero-order valence-corrected chi connectivity index (χ0v) is 14.9. The molecule has 3 rings (SSSR count). The van der Waals surface area contributed by atoms with Gasteiger partial charge in [-0.3, -0.25) is 9.59 Å². The summed E-state index contributed by atoms with van der Waals surface area (Å²) in [4.78, 5) is 30.0. The highest BCUT2D eigenvalue weighted by Gasteiger charge is 2.32. The number of likely N-dealkylation sites (tertiary alicyclic amines) is 1. The number of hydrogen-bond donors (Lipinski definition) is 0. The summed E-state index contributed by atoms with van der Waals surface area (Å²) in [7, 11) is 0. The molecule has 24 heavy (non-hydrogen) atoms. The molecule has 2 heterocycles. The molecule has 0 aliphatic carbocycles. The fraction of sp³-hybridized carbons (Fsp3) is 0.579. The summed E-state index contributed by atoms with van der Waals surface area (Å²) in [6.45, 7) is 8.91. The highest BCUT2D eigenvalue weighted by Crippen LogP contribution is 2.36. The van der Waals surface area contributed by atoms with Crippen LogP contribution in [0.5, 0.6) is 0 Å². The van der Waals surface area contributed by atoms with Gasteiger partial charge in [-0.2, -0.15) is 0 Å². The zero-order chi connectivity index (χ0) is 17.3. The van der Waals surface area contributed by atoms with Gasteiger partial charge in [0, 0.05) is 40.0 Å². The summed E-state index contributed by atoms with van der Waals surface area (Å²) in [6.07, 6.45) is 2.24. The zero-order valence-electron chi connectivity index (χ0n) is 14.9. The molecule has 2 aliphatic heterocycles. The van der Waals surface area contributed by atoms with Gasteiger partial charge < -0.3 is 14.7 Å². The van der Waals surface area contributed by atoms with E-state index in [4.69, 9.17) is 0 Å². The number of hydrogen-bond acceptors (Lipinski definition) is 3. The molecule has 5 nitrogen and oxygen atoms in total. The first-order valence-electron chi connectivity index (χ1n) is 8.86. The van der Waals surface area contributed by atoms with Gasteiger partial charge in [0.2, 0.25) is 11.8 Å². The molecule has 1 aromatic rings. The number of rotatable bonds is 2. The van der Waals surface area contributed by atoms with Gasteiger partial charge in [0.15, 0.2) is 0 Å². The van der Waals surface area contributed by atoms with Crippen LogP contribution in [-0.4, -0.2) is 48.9 Å². The molecule has 1 saturated heterocycles. The maximum absolute atomic E-state index is 12.0. The predicted octanol–water partition coefficient (Wildman–Crippen LogP) is 2.51. The molecule has 5 heteroatoms. The highest BCUT2D eigenvalue weighted by molar-refractivity contribution is 5.97. The standard InChI is InChI=1S/C19H27N3O2/c1-14-11-21(13-17-7-6-10-20(12-17)15(2)23)18-8-4-5-9-19(18)22(14)16(3)24/h4-5,8-9,14,17H,6-7,10-13H2,1-3H3/t14-,17?/m0/s1. The lowest BCUT2D eigenvalue weighted by atomic mass is 9.96. The lowest BCUT2D eigenvalue weighted by Gasteiger charge is -2.44. The van der Waals surface area contributed by atoms with E-state index in [1.165, 1.54) is 0 Å². The molecule has 2 aliphatic rings. The molecule has 1 aromatic carbocycles. The van der Waals surface area contributed by atoms with E-state index in [0.29, 0.717) is 5.92 Å². The summed E-state index contributed by atoms with van der Waals surface area (Å²) in [6, 6.07) is 8.31. The van der Waals surface area contributed by atoms with Crippen molar-refractivity contribution in [2.45, 2.75) is 39.7 Å². The Morgan fingerprint density at radius 2 is 1.79 bits per heavy atom. The largest absolute Gasteiger partial charge is 0.367 e. The van der Waals surface area contributed by atoms with Crippen molar-refractivity contribution in [2.75, 3.05) is 36.0 Å². The average Bonchev–Trinajstić information content (AvgIpc) is 2.54. The normalized spacial score (nSPS) is 23.9.